The van der Waals surface area contributed by atoms with Crippen LogP contribution in [0, 0.1) is 18.3 Å². The van der Waals surface area contributed by atoms with Crippen LogP contribution in [0.2, 0.25) is 0 Å². The van der Waals surface area contributed by atoms with Crippen molar-refractivity contribution in [2.45, 2.75) is 13.3 Å². The molecule has 0 unspecified atom stereocenters. The second-order valence-electron chi connectivity index (χ2n) is 3.24. The standard InChI is InChI=1S/C11H13N3O/c1-8-3-4-9(7-10(8)13)11(15)14-6-2-5-12/h3-4,7H,2,6,13H2,1H3,(H,14,15). The van der Waals surface area contributed by atoms with E-state index in [0.717, 1.165) is 5.56 Å². The first-order chi connectivity index (χ1) is 7.15. The van der Waals surface area contributed by atoms with Crippen molar-refractivity contribution in [1.29, 1.82) is 5.26 Å². The zero-order valence-corrected chi connectivity index (χ0v) is 8.58. The van der Waals surface area contributed by atoms with Gasteiger partial charge in [-0.15, -0.1) is 0 Å². The third-order valence-electron chi connectivity index (χ3n) is 2.06. The minimum absolute atomic E-state index is 0.197. The number of hydrogen-bond acceptors (Lipinski definition) is 3. The summed E-state index contributed by atoms with van der Waals surface area (Å²) >= 11 is 0. The van der Waals surface area contributed by atoms with Gasteiger partial charge in [0.25, 0.3) is 5.91 Å². The quantitative estimate of drug-likeness (QED) is 0.572. The summed E-state index contributed by atoms with van der Waals surface area (Å²) in [4.78, 5) is 11.5. The molecular weight excluding hydrogens is 190 g/mol. The van der Waals surface area contributed by atoms with Gasteiger partial charge >= 0.3 is 0 Å². The van der Waals surface area contributed by atoms with Crippen molar-refractivity contribution in [3.8, 4) is 6.07 Å². The SMILES string of the molecule is Cc1ccc(C(=O)NCCC#N)cc1N. The van der Waals surface area contributed by atoms with Crippen molar-refractivity contribution < 1.29 is 4.79 Å². The minimum atomic E-state index is -0.197. The molecule has 1 rings (SSSR count). The summed E-state index contributed by atoms with van der Waals surface area (Å²) in [6.07, 6.45) is 0.313. The number of nitrogens with two attached hydrogens (primary N) is 1. The van der Waals surface area contributed by atoms with Crippen molar-refractivity contribution in [2.75, 3.05) is 12.3 Å². The van der Waals surface area contributed by atoms with Crippen LogP contribution in [0.15, 0.2) is 18.2 Å². The highest BCUT2D eigenvalue weighted by atomic mass is 16.1. The van der Waals surface area contributed by atoms with Gasteiger partial charge < -0.3 is 11.1 Å². The van der Waals surface area contributed by atoms with Gasteiger partial charge in [-0.25, -0.2) is 0 Å². The van der Waals surface area contributed by atoms with Gasteiger partial charge in [-0.3, -0.25) is 4.79 Å². The van der Waals surface area contributed by atoms with Crippen LogP contribution in [0.1, 0.15) is 22.3 Å². The minimum Gasteiger partial charge on any atom is -0.398 e. The van der Waals surface area contributed by atoms with Crippen LogP contribution < -0.4 is 11.1 Å². The van der Waals surface area contributed by atoms with Crippen LogP contribution >= 0.6 is 0 Å². The van der Waals surface area contributed by atoms with Gasteiger partial charge in [0, 0.05) is 17.8 Å². The monoisotopic (exact) mass is 203 g/mol. The molecule has 4 heteroatoms. The number of aryl methyl sites for hydroxylation is 1. The Morgan fingerprint density at radius 3 is 2.93 bits per heavy atom. The highest BCUT2D eigenvalue weighted by molar-refractivity contribution is 5.95. The van der Waals surface area contributed by atoms with Crippen molar-refractivity contribution >= 4 is 11.6 Å². The molecule has 0 atom stereocenters. The zero-order chi connectivity index (χ0) is 11.3. The maximum absolute atomic E-state index is 11.5. The Kier molecular flexibility index (Phi) is 3.69. The van der Waals surface area contributed by atoms with Crippen molar-refractivity contribution in [3.63, 3.8) is 0 Å². The van der Waals surface area contributed by atoms with E-state index in [9.17, 15) is 4.79 Å². The first-order valence-electron chi connectivity index (χ1n) is 4.66. The molecule has 0 aliphatic carbocycles. The summed E-state index contributed by atoms with van der Waals surface area (Å²) in [5.74, 6) is -0.197. The normalized spacial score (nSPS) is 9.33. The van der Waals surface area contributed by atoms with Crippen LogP contribution in [0.25, 0.3) is 0 Å². The molecule has 0 spiro atoms. The largest absolute Gasteiger partial charge is 0.398 e. The second-order valence-corrected chi connectivity index (χ2v) is 3.24. The van der Waals surface area contributed by atoms with Crippen molar-refractivity contribution in [2.24, 2.45) is 0 Å². The molecule has 1 amide bonds. The van der Waals surface area contributed by atoms with Crippen molar-refractivity contribution in [3.05, 3.63) is 29.3 Å². The lowest BCUT2D eigenvalue weighted by Gasteiger charge is -2.05. The molecule has 15 heavy (non-hydrogen) atoms. The molecule has 0 aliphatic heterocycles. The first kappa shape index (κ1) is 11.1. The molecular formula is C11H13N3O. The van der Waals surface area contributed by atoms with E-state index in [1.807, 2.05) is 13.0 Å². The molecule has 0 bridgehead atoms. The van der Waals surface area contributed by atoms with Gasteiger partial charge in [0.05, 0.1) is 12.5 Å². The summed E-state index contributed by atoms with van der Waals surface area (Å²) in [5, 5.41) is 10.9. The van der Waals surface area contributed by atoms with Gasteiger partial charge in [0.15, 0.2) is 0 Å². The predicted octanol–water partition coefficient (Wildman–Crippen LogP) is 1.22. The zero-order valence-electron chi connectivity index (χ0n) is 8.58. The lowest BCUT2D eigenvalue weighted by Crippen LogP contribution is -2.24. The number of anilines is 1. The molecule has 78 valence electrons. The number of benzene rings is 1. The van der Waals surface area contributed by atoms with E-state index in [2.05, 4.69) is 5.32 Å². The number of rotatable bonds is 3. The smallest absolute Gasteiger partial charge is 0.251 e. The number of nitrogens with zero attached hydrogens (tertiary/aromatic N) is 1. The number of hydrogen-bond donors (Lipinski definition) is 2. The number of amides is 1. The van der Waals surface area contributed by atoms with E-state index in [1.165, 1.54) is 0 Å². The molecule has 0 aromatic heterocycles. The molecule has 0 saturated heterocycles. The first-order valence-corrected chi connectivity index (χ1v) is 4.66. The number of nitrogen functional groups attached to an aromatic ring is 1. The summed E-state index contributed by atoms with van der Waals surface area (Å²) in [6, 6.07) is 7.11. The van der Waals surface area contributed by atoms with E-state index >= 15 is 0 Å². The van der Waals surface area contributed by atoms with Crippen LogP contribution in [0.5, 0.6) is 0 Å². The number of carbonyl (C=O) groups is 1. The van der Waals surface area contributed by atoms with Crippen LogP contribution in [-0.2, 0) is 0 Å². The maximum Gasteiger partial charge on any atom is 0.251 e. The number of carbonyl (C=O) groups excluding carboxylic acids is 1. The fourth-order valence-corrected chi connectivity index (χ4v) is 1.12. The molecule has 0 heterocycles. The Morgan fingerprint density at radius 1 is 1.60 bits per heavy atom. The Balaban J connectivity index is 2.67. The van der Waals surface area contributed by atoms with Gasteiger partial charge in [-0.05, 0) is 24.6 Å². The van der Waals surface area contributed by atoms with Crippen LogP contribution in [0.3, 0.4) is 0 Å². The Labute approximate surface area is 88.7 Å². The fourth-order valence-electron chi connectivity index (χ4n) is 1.12. The number of nitrogens with one attached hydrogen (secondary N) is 1. The van der Waals surface area contributed by atoms with Gasteiger partial charge in [0.2, 0.25) is 0 Å². The molecule has 4 nitrogen and oxygen atoms in total. The van der Waals surface area contributed by atoms with E-state index in [0.29, 0.717) is 24.2 Å². The summed E-state index contributed by atoms with van der Waals surface area (Å²) in [5.41, 5.74) is 7.75. The Hall–Kier alpha value is -2.02. The molecule has 3 N–H and O–H groups in total. The second kappa shape index (κ2) is 5.01. The molecule has 1 aromatic rings. The molecule has 0 radical (unpaired) electrons. The van der Waals surface area contributed by atoms with E-state index in [1.54, 1.807) is 18.2 Å². The predicted molar refractivity (Wildman–Crippen MR) is 58.2 cm³/mol. The van der Waals surface area contributed by atoms with E-state index < -0.39 is 0 Å². The van der Waals surface area contributed by atoms with Gasteiger partial charge in [0.1, 0.15) is 0 Å². The van der Waals surface area contributed by atoms with E-state index in [4.69, 9.17) is 11.0 Å². The van der Waals surface area contributed by atoms with Gasteiger partial charge in [-0.2, -0.15) is 5.26 Å². The lowest BCUT2D eigenvalue weighted by atomic mass is 10.1. The van der Waals surface area contributed by atoms with Gasteiger partial charge in [-0.1, -0.05) is 6.07 Å². The molecule has 0 saturated carbocycles. The third kappa shape index (κ3) is 2.99. The maximum atomic E-state index is 11.5. The lowest BCUT2D eigenvalue weighted by molar-refractivity contribution is 0.0954. The summed E-state index contributed by atoms with van der Waals surface area (Å²) in [7, 11) is 0. The molecule has 1 aromatic carbocycles. The Bertz CT molecular complexity index is 407. The highest BCUT2D eigenvalue weighted by Gasteiger charge is 2.05. The highest BCUT2D eigenvalue weighted by Crippen LogP contribution is 2.12. The average molecular weight is 203 g/mol. The van der Waals surface area contributed by atoms with Crippen LogP contribution in [-0.4, -0.2) is 12.5 Å². The topological polar surface area (TPSA) is 78.9 Å². The fraction of sp³-hybridized carbons (Fsp3) is 0.273. The van der Waals surface area contributed by atoms with E-state index in [-0.39, 0.29) is 5.91 Å². The number of nitriles is 1. The molecule has 0 fully saturated rings. The summed E-state index contributed by atoms with van der Waals surface area (Å²) < 4.78 is 0. The third-order valence-corrected chi connectivity index (χ3v) is 2.06. The molecule has 0 aliphatic rings. The Morgan fingerprint density at radius 2 is 2.33 bits per heavy atom. The summed E-state index contributed by atoms with van der Waals surface area (Å²) in [6.45, 7) is 2.25. The average Bonchev–Trinajstić information content (AvgIpc) is 2.22. The van der Waals surface area contributed by atoms with Crippen molar-refractivity contribution in [1.82, 2.24) is 5.32 Å². The van der Waals surface area contributed by atoms with Crippen LogP contribution in [0.4, 0.5) is 5.69 Å².